The van der Waals surface area contributed by atoms with Gasteiger partial charge in [0.2, 0.25) is 15.9 Å². The molecule has 25 heavy (non-hydrogen) atoms. The van der Waals surface area contributed by atoms with Gasteiger partial charge >= 0.3 is 0 Å². The minimum atomic E-state index is -3.72. The van der Waals surface area contributed by atoms with Gasteiger partial charge in [-0.2, -0.15) is 0 Å². The van der Waals surface area contributed by atoms with Crippen molar-refractivity contribution in [3.05, 3.63) is 27.2 Å². The van der Waals surface area contributed by atoms with E-state index in [1.807, 2.05) is 0 Å². The van der Waals surface area contributed by atoms with Crippen molar-refractivity contribution in [3.8, 4) is 0 Å². The minimum absolute atomic E-state index is 0.118. The van der Waals surface area contributed by atoms with Crippen LogP contribution in [0.4, 0.5) is 5.69 Å². The molecule has 2 fully saturated rings. The molecular weight excluding hydrogens is 407 g/mol. The molecule has 1 aromatic carbocycles. The standard InChI is InChI=1S/C16H19Cl3N2O3S/c1-25(23,24)21(15-7-12(18)11(17)6-13(15)19)8-16(22)20-14-5-9-2-3-10(14)4-9/h6-7,9-10,14H,2-5,8H2,1H3,(H,20,22)/t9-,10+,14-/m1/s1. The first-order valence-electron chi connectivity index (χ1n) is 8.06. The number of amides is 1. The molecule has 3 rings (SSSR count). The second-order valence-electron chi connectivity index (χ2n) is 6.84. The topological polar surface area (TPSA) is 66.5 Å². The van der Waals surface area contributed by atoms with E-state index in [1.54, 1.807) is 0 Å². The molecule has 2 saturated carbocycles. The van der Waals surface area contributed by atoms with Crippen LogP contribution in [-0.4, -0.2) is 33.2 Å². The van der Waals surface area contributed by atoms with Gasteiger partial charge in [0.05, 0.1) is 27.0 Å². The molecule has 0 heterocycles. The predicted molar refractivity (Wildman–Crippen MR) is 101 cm³/mol. The summed E-state index contributed by atoms with van der Waals surface area (Å²) < 4.78 is 25.3. The fourth-order valence-electron chi connectivity index (χ4n) is 3.89. The number of rotatable bonds is 5. The third kappa shape index (κ3) is 4.18. The number of sulfonamides is 1. The molecule has 5 nitrogen and oxygen atoms in total. The first kappa shape index (κ1) is 19.1. The Hall–Kier alpha value is -0.690. The number of nitrogens with zero attached hydrogens (tertiary/aromatic N) is 1. The summed E-state index contributed by atoms with van der Waals surface area (Å²) in [4.78, 5) is 12.4. The fraction of sp³-hybridized carbons (Fsp3) is 0.562. The zero-order chi connectivity index (χ0) is 18.4. The minimum Gasteiger partial charge on any atom is -0.352 e. The van der Waals surface area contributed by atoms with E-state index >= 15 is 0 Å². The average molecular weight is 426 g/mol. The van der Waals surface area contributed by atoms with Crippen molar-refractivity contribution in [2.24, 2.45) is 11.8 Å². The number of hydrogen-bond acceptors (Lipinski definition) is 3. The Bertz CT molecular complexity index is 800. The molecule has 3 atom stereocenters. The van der Waals surface area contributed by atoms with E-state index in [-0.39, 0.29) is 39.2 Å². The van der Waals surface area contributed by atoms with Gasteiger partial charge in [-0.1, -0.05) is 41.2 Å². The van der Waals surface area contributed by atoms with Crippen LogP contribution in [0.5, 0.6) is 0 Å². The van der Waals surface area contributed by atoms with Crippen LogP contribution in [0, 0.1) is 11.8 Å². The highest BCUT2D eigenvalue weighted by atomic mass is 35.5. The zero-order valence-corrected chi connectivity index (χ0v) is 16.7. The monoisotopic (exact) mass is 424 g/mol. The summed E-state index contributed by atoms with van der Waals surface area (Å²) in [7, 11) is -3.72. The summed E-state index contributed by atoms with van der Waals surface area (Å²) in [6.07, 6.45) is 5.51. The van der Waals surface area contributed by atoms with Crippen molar-refractivity contribution in [1.82, 2.24) is 5.32 Å². The van der Waals surface area contributed by atoms with Gasteiger partial charge in [0.25, 0.3) is 0 Å². The molecule has 2 bridgehead atoms. The summed E-state index contributed by atoms with van der Waals surface area (Å²) in [5.74, 6) is 0.852. The number of nitrogens with one attached hydrogen (secondary N) is 1. The normalized spacial score (nSPS) is 25.2. The van der Waals surface area contributed by atoms with E-state index in [9.17, 15) is 13.2 Å². The van der Waals surface area contributed by atoms with Gasteiger partial charge < -0.3 is 5.32 Å². The van der Waals surface area contributed by atoms with Crippen molar-refractivity contribution in [3.63, 3.8) is 0 Å². The van der Waals surface area contributed by atoms with Gasteiger partial charge in [0.15, 0.2) is 0 Å². The highest BCUT2D eigenvalue weighted by Crippen LogP contribution is 2.44. The first-order chi connectivity index (χ1) is 11.6. The summed E-state index contributed by atoms with van der Waals surface area (Å²) >= 11 is 18.0. The molecule has 9 heteroatoms. The van der Waals surface area contributed by atoms with Crippen LogP contribution >= 0.6 is 34.8 Å². The Balaban J connectivity index is 1.78. The third-order valence-corrected chi connectivity index (χ3v) is 7.18. The van der Waals surface area contributed by atoms with E-state index < -0.39 is 10.0 Å². The molecule has 0 radical (unpaired) electrons. The van der Waals surface area contributed by atoms with Gasteiger partial charge in [0, 0.05) is 6.04 Å². The van der Waals surface area contributed by atoms with Crippen molar-refractivity contribution in [2.45, 2.75) is 31.7 Å². The van der Waals surface area contributed by atoms with E-state index in [1.165, 1.54) is 18.6 Å². The summed E-state index contributed by atoms with van der Waals surface area (Å²) in [5.41, 5.74) is 0.140. The number of anilines is 1. The molecule has 0 aliphatic heterocycles. The van der Waals surface area contributed by atoms with Crippen LogP contribution < -0.4 is 9.62 Å². The van der Waals surface area contributed by atoms with Crippen molar-refractivity contribution >= 4 is 56.4 Å². The van der Waals surface area contributed by atoms with Gasteiger partial charge in [-0.05, 0) is 43.2 Å². The smallest absolute Gasteiger partial charge is 0.241 e. The summed E-state index contributed by atoms with van der Waals surface area (Å²) in [6.45, 7) is -0.343. The number of fused-ring (bicyclic) bond motifs is 2. The van der Waals surface area contributed by atoms with Gasteiger partial charge in [-0.25, -0.2) is 8.42 Å². The van der Waals surface area contributed by atoms with Crippen LogP contribution in [0.3, 0.4) is 0 Å². The van der Waals surface area contributed by atoms with E-state index in [0.717, 1.165) is 29.8 Å². The Kier molecular flexibility index (Phi) is 5.45. The van der Waals surface area contributed by atoms with E-state index in [0.29, 0.717) is 11.8 Å². The summed E-state index contributed by atoms with van der Waals surface area (Å²) in [5, 5.41) is 3.49. The molecule has 1 N–H and O–H groups in total. The Morgan fingerprint density at radius 3 is 2.40 bits per heavy atom. The van der Waals surface area contributed by atoms with Crippen LogP contribution in [0.25, 0.3) is 0 Å². The average Bonchev–Trinajstić information content (AvgIpc) is 3.10. The van der Waals surface area contributed by atoms with Crippen molar-refractivity contribution in [2.75, 3.05) is 17.1 Å². The van der Waals surface area contributed by atoms with Crippen molar-refractivity contribution in [1.29, 1.82) is 0 Å². The maximum atomic E-state index is 12.4. The number of hydrogen-bond donors (Lipinski definition) is 1. The lowest BCUT2D eigenvalue weighted by atomic mass is 9.95. The first-order valence-corrected chi connectivity index (χ1v) is 11.0. The van der Waals surface area contributed by atoms with Crippen LogP contribution in [0.15, 0.2) is 12.1 Å². The molecule has 138 valence electrons. The fourth-order valence-corrected chi connectivity index (χ4v) is 5.44. The SMILES string of the molecule is CS(=O)(=O)N(CC(=O)N[C@@H]1C[C@@H]2CC[C@H]1C2)c1cc(Cl)c(Cl)cc1Cl. The number of carbonyl (C=O) groups excluding carboxylic acids is 1. The van der Waals surface area contributed by atoms with Crippen LogP contribution in [0.1, 0.15) is 25.7 Å². The van der Waals surface area contributed by atoms with E-state index in [4.69, 9.17) is 34.8 Å². The predicted octanol–water partition coefficient (Wildman–Crippen LogP) is 3.72. The number of benzene rings is 1. The molecule has 0 saturated heterocycles. The molecule has 0 spiro atoms. The molecule has 2 aliphatic rings. The Morgan fingerprint density at radius 1 is 1.16 bits per heavy atom. The summed E-state index contributed by atoms with van der Waals surface area (Å²) in [6, 6.07) is 2.86. The van der Waals surface area contributed by atoms with Crippen LogP contribution in [-0.2, 0) is 14.8 Å². The largest absolute Gasteiger partial charge is 0.352 e. The molecule has 1 amide bonds. The number of halogens is 3. The van der Waals surface area contributed by atoms with Gasteiger partial charge in [0.1, 0.15) is 6.54 Å². The second kappa shape index (κ2) is 7.14. The quantitative estimate of drug-likeness (QED) is 0.731. The van der Waals surface area contributed by atoms with E-state index in [2.05, 4.69) is 5.32 Å². The van der Waals surface area contributed by atoms with Crippen LogP contribution in [0.2, 0.25) is 15.1 Å². The highest BCUT2D eigenvalue weighted by Gasteiger charge is 2.40. The maximum Gasteiger partial charge on any atom is 0.241 e. The molecule has 2 aliphatic carbocycles. The zero-order valence-electron chi connectivity index (χ0n) is 13.6. The Morgan fingerprint density at radius 2 is 1.84 bits per heavy atom. The Labute approximate surface area is 162 Å². The van der Waals surface area contributed by atoms with Gasteiger partial charge in [-0.3, -0.25) is 9.10 Å². The number of carbonyl (C=O) groups is 1. The van der Waals surface area contributed by atoms with Gasteiger partial charge in [-0.15, -0.1) is 0 Å². The second-order valence-corrected chi connectivity index (χ2v) is 9.96. The lowest BCUT2D eigenvalue weighted by Gasteiger charge is -2.27. The molecule has 0 aromatic heterocycles. The van der Waals surface area contributed by atoms with Crippen molar-refractivity contribution < 1.29 is 13.2 Å². The lowest BCUT2D eigenvalue weighted by molar-refractivity contribution is -0.120. The lowest BCUT2D eigenvalue weighted by Crippen LogP contribution is -2.45. The highest BCUT2D eigenvalue weighted by molar-refractivity contribution is 7.92. The third-order valence-electron chi connectivity index (χ3n) is 5.03. The molecule has 1 aromatic rings. The molecular formula is C16H19Cl3N2O3S. The molecule has 0 unspecified atom stereocenters. The maximum absolute atomic E-state index is 12.4.